The van der Waals surface area contributed by atoms with Gasteiger partial charge in [-0.3, -0.25) is 4.79 Å². The van der Waals surface area contributed by atoms with Gasteiger partial charge in [-0.05, 0) is 49.2 Å². The minimum Gasteiger partial charge on any atom is -0.493 e. The second kappa shape index (κ2) is 9.10. The molecule has 0 aromatic heterocycles. The summed E-state index contributed by atoms with van der Waals surface area (Å²) in [5.74, 6) is 0.914. The topological polar surface area (TPSA) is 68.8 Å². The van der Waals surface area contributed by atoms with Crippen molar-refractivity contribution in [1.82, 2.24) is 0 Å². The molecule has 0 aliphatic carbocycles. The maximum atomic E-state index is 12.1. The Morgan fingerprint density at radius 3 is 2.54 bits per heavy atom. The van der Waals surface area contributed by atoms with Crippen molar-refractivity contribution in [2.24, 2.45) is 0 Å². The molecule has 2 N–H and O–H groups in total. The van der Waals surface area contributed by atoms with E-state index in [1.807, 2.05) is 36.4 Å². The van der Waals surface area contributed by atoms with E-state index >= 15 is 0 Å². The van der Waals surface area contributed by atoms with Crippen LogP contribution in [0.2, 0.25) is 0 Å². The van der Waals surface area contributed by atoms with Crippen molar-refractivity contribution in [1.29, 1.82) is 0 Å². The molecule has 1 aliphatic heterocycles. The van der Waals surface area contributed by atoms with Crippen LogP contribution in [0, 0.1) is 0 Å². The lowest BCUT2D eigenvalue weighted by molar-refractivity contribution is -0.118. The number of rotatable bonds is 8. The Hall–Kier alpha value is -2.73. The summed E-state index contributed by atoms with van der Waals surface area (Å²) in [6.07, 6.45) is 2.53. The van der Waals surface area contributed by atoms with Crippen LogP contribution in [0.3, 0.4) is 0 Å². The maximum absolute atomic E-state index is 12.1. The predicted octanol–water partition coefficient (Wildman–Crippen LogP) is 3.30. The van der Waals surface area contributed by atoms with Crippen LogP contribution in [0.4, 0.5) is 11.4 Å². The van der Waals surface area contributed by atoms with Gasteiger partial charge in [0.2, 0.25) is 0 Å². The zero-order valence-corrected chi connectivity index (χ0v) is 14.9. The van der Waals surface area contributed by atoms with E-state index in [4.69, 9.17) is 14.2 Å². The number of anilines is 2. The number of amides is 1. The molecule has 0 bridgehead atoms. The molecule has 6 heteroatoms. The molecule has 1 aliphatic rings. The largest absolute Gasteiger partial charge is 0.493 e. The van der Waals surface area contributed by atoms with E-state index in [0.29, 0.717) is 17.6 Å². The van der Waals surface area contributed by atoms with E-state index in [0.717, 1.165) is 37.4 Å². The van der Waals surface area contributed by atoms with Gasteiger partial charge in [-0.15, -0.1) is 0 Å². The Bertz CT molecular complexity index is 712. The highest BCUT2D eigenvalue weighted by Gasteiger charge is 2.14. The van der Waals surface area contributed by atoms with Crippen LogP contribution in [-0.4, -0.2) is 38.9 Å². The fraction of sp³-hybridized carbons (Fsp3) is 0.350. The fourth-order valence-corrected chi connectivity index (χ4v) is 2.79. The van der Waals surface area contributed by atoms with E-state index in [9.17, 15) is 4.79 Å². The van der Waals surface area contributed by atoms with Crippen molar-refractivity contribution >= 4 is 17.3 Å². The van der Waals surface area contributed by atoms with Crippen molar-refractivity contribution in [3.8, 4) is 11.5 Å². The Kier molecular flexibility index (Phi) is 6.33. The SMILES string of the molecule is COc1ccccc1OCC(=O)Nc1ccc(NCC2CCCO2)cc1. The zero-order chi connectivity index (χ0) is 18.2. The first-order valence-corrected chi connectivity index (χ1v) is 8.76. The van der Waals surface area contributed by atoms with Crippen LogP contribution in [0.15, 0.2) is 48.5 Å². The molecule has 1 atom stereocenters. The number of ether oxygens (including phenoxy) is 3. The smallest absolute Gasteiger partial charge is 0.262 e. The lowest BCUT2D eigenvalue weighted by Gasteiger charge is -2.13. The van der Waals surface area contributed by atoms with Gasteiger partial charge < -0.3 is 24.8 Å². The molecule has 2 aromatic carbocycles. The van der Waals surface area contributed by atoms with Gasteiger partial charge in [-0.1, -0.05) is 12.1 Å². The average Bonchev–Trinajstić information content (AvgIpc) is 3.20. The van der Waals surface area contributed by atoms with Crippen LogP contribution < -0.4 is 20.1 Å². The summed E-state index contributed by atoms with van der Waals surface area (Å²) >= 11 is 0. The molecule has 1 fully saturated rings. The standard InChI is InChI=1S/C20H24N2O4/c1-24-18-6-2-3-7-19(18)26-14-20(23)22-16-10-8-15(9-11-16)21-13-17-5-4-12-25-17/h2-3,6-11,17,21H,4-5,12-14H2,1H3,(H,22,23). The monoisotopic (exact) mass is 356 g/mol. The highest BCUT2D eigenvalue weighted by atomic mass is 16.5. The van der Waals surface area contributed by atoms with Gasteiger partial charge in [-0.2, -0.15) is 0 Å². The Morgan fingerprint density at radius 1 is 1.12 bits per heavy atom. The summed E-state index contributed by atoms with van der Waals surface area (Å²) in [5, 5.41) is 6.17. The second-order valence-corrected chi connectivity index (χ2v) is 6.08. The third-order valence-electron chi connectivity index (χ3n) is 4.15. The van der Waals surface area contributed by atoms with Crippen molar-refractivity contribution in [2.45, 2.75) is 18.9 Å². The minimum atomic E-state index is -0.226. The zero-order valence-electron chi connectivity index (χ0n) is 14.9. The van der Waals surface area contributed by atoms with Gasteiger partial charge in [0.05, 0.1) is 13.2 Å². The normalized spacial score (nSPS) is 16.1. The third-order valence-corrected chi connectivity index (χ3v) is 4.15. The van der Waals surface area contributed by atoms with E-state index in [1.165, 1.54) is 0 Å². The molecular weight excluding hydrogens is 332 g/mol. The van der Waals surface area contributed by atoms with Crippen LogP contribution in [0.25, 0.3) is 0 Å². The number of methoxy groups -OCH3 is 1. The fourth-order valence-electron chi connectivity index (χ4n) is 2.79. The maximum Gasteiger partial charge on any atom is 0.262 e. The van der Waals surface area contributed by atoms with Gasteiger partial charge in [0.15, 0.2) is 18.1 Å². The molecule has 1 heterocycles. The molecule has 1 saturated heterocycles. The molecule has 0 saturated carbocycles. The van der Waals surface area contributed by atoms with E-state index in [-0.39, 0.29) is 12.5 Å². The van der Waals surface area contributed by atoms with E-state index in [2.05, 4.69) is 10.6 Å². The van der Waals surface area contributed by atoms with Crippen LogP contribution in [0.1, 0.15) is 12.8 Å². The third kappa shape index (κ3) is 5.13. The Balaban J connectivity index is 1.45. The van der Waals surface area contributed by atoms with Crippen LogP contribution >= 0.6 is 0 Å². The van der Waals surface area contributed by atoms with Gasteiger partial charge in [0.25, 0.3) is 5.91 Å². The van der Waals surface area contributed by atoms with Gasteiger partial charge in [0.1, 0.15) is 0 Å². The van der Waals surface area contributed by atoms with Crippen molar-refractivity contribution in [3.05, 3.63) is 48.5 Å². The lowest BCUT2D eigenvalue weighted by atomic mass is 10.2. The van der Waals surface area contributed by atoms with Crippen molar-refractivity contribution < 1.29 is 19.0 Å². The summed E-state index contributed by atoms with van der Waals surface area (Å²) in [7, 11) is 1.57. The number of hydrogen-bond donors (Lipinski definition) is 2. The van der Waals surface area contributed by atoms with E-state index < -0.39 is 0 Å². The summed E-state index contributed by atoms with van der Waals surface area (Å²) in [5.41, 5.74) is 1.73. The number of para-hydroxylation sites is 2. The van der Waals surface area contributed by atoms with Crippen LogP contribution in [0.5, 0.6) is 11.5 Å². The number of hydrogen-bond acceptors (Lipinski definition) is 5. The molecule has 26 heavy (non-hydrogen) atoms. The highest BCUT2D eigenvalue weighted by Crippen LogP contribution is 2.25. The van der Waals surface area contributed by atoms with Crippen molar-refractivity contribution in [2.75, 3.05) is 37.5 Å². The molecule has 1 unspecified atom stereocenters. The molecule has 138 valence electrons. The summed E-state index contributed by atoms with van der Waals surface area (Å²) < 4.78 is 16.3. The molecule has 0 spiro atoms. The van der Waals surface area contributed by atoms with Gasteiger partial charge >= 0.3 is 0 Å². The number of nitrogens with one attached hydrogen (secondary N) is 2. The number of carbonyl (C=O) groups is 1. The molecule has 0 radical (unpaired) electrons. The summed E-state index contributed by atoms with van der Waals surface area (Å²) in [6.45, 7) is 1.58. The first-order valence-electron chi connectivity index (χ1n) is 8.76. The summed E-state index contributed by atoms with van der Waals surface area (Å²) in [6, 6.07) is 14.8. The first kappa shape index (κ1) is 18.1. The molecule has 3 rings (SSSR count). The lowest BCUT2D eigenvalue weighted by Crippen LogP contribution is -2.20. The number of carbonyl (C=O) groups excluding carboxylic acids is 1. The number of benzene rings is 2. The van der Waals surface area contributed by atoms with Crippen LogP contribution in [-0.2, 0) is 9.53 Å². The van der Waals surface area contributed by atoms with Crippen molar-refractivity contribution in [3.63, 3.8) is 0 Å². The predicted molar refractivity (Wildman–Crippen MR) is 101 cm³/mol. The van der Waals surface area contributed by atoms with Gasteiger partial charge in [-0.25, -0.2) is 0 Å². The first-order chi connectivity index (χ1) is 12.7. The van der Waals surface area contributed by atoms with E-state index in [1.54, 1.807) is 19.2 Å². The Morgan fingerprint density at radius 2 is 1.85 bits per heavy atom. The van der Waals surface area contributed by atoms with Gasteiger partial charge in [0, 0.05) is 24.5 Å². The highest BCUT2D eigenvalue weighted by molar-refractivity contribution is 5.92. The Labute approximate surface area is 153 Å². The molecule has 2 aromatic rings. The average molecular weight is 356 g/mol. The molecule has 1 amide bonds. The summed E-state index contributed by atoms with van der Waals surface area (Å²) in [4.78, 5) is 12.1. The second-order valence-electron chi connectivity index (χ2n) is 6.08. The minimum absolute atomic E-state index is 0.0839. The molecular formula is C20H24N2O4. The quantitative estimate of drug-likeness (QED) is 0.759. The molecule has 6 nitrogen and oxygen atoms in total.